The summed E-state index contributed by atoms with van der Waals surface area (Å²) >= 11 is 0. The van der Waals surface area contributed by atoms with Crippen molar-refractivity contribution in [1.82, 2.24) is 21.3 Å². The number of amides is 3. The first-order valence-electron chi connectivity index (χ1n) is 8.49. The summed E-state index contributed by atoms with van der Waals surface area (Å²) in [5.74, 6) is -3.08. The summed E-state index contributed by atoms with van der Waals surface area (Å²) in [5, 5.41) is 25.9. The van der Waals surface area contributed by atoms with Gasteiger partial charge in [0.1, 0.15) is 18.1 Å². The highest BCUT2D eigenvalue weighted by atomic mass is 16.4. The molecule has 12 nitrogen and oxygen atoms in total. The minimum atomic E-state index is -1.22. The largest absolute Gasteiger partial charge is 0.480 e. The van der Waals surface area contributed by atoms with Crippen LogP contribution in [0, 0.1) is 5.41 Å². The Hall–Kier alpha value is -2.89. The lowest BCUT2D eigenvalue weighted by Gasteiger charge is -2.20. The number of carboxylic acids is 1. The molecule has 3 atom stereocenters. The smallest absolute Gasteiger partial charge is 0.326 e. The second kappa shape index (κ2) is 12.5. The van der Waals surface area contributed by atoms with E-state index in [1.807, 2.05) is 0 Å². The number of hydrogen-bond donors (Lipinski definition) is 8. The maximum absolute atomic E-state index is 12.1. The van der Waals surface area contributed by atoms with Crippen molar-refractivity contribution in [2.24, 2.45) is 11.5 Å². The number of aliphatic carboxylic acids is 1. The molecular weight excluding hydrogens is 358 g/mol. The van der Waals surface area contributed by atoms with Crippen LogP contribution in [0.3, 0.4) is 0 Å². The molecule has 0 radical (unpaired) electrons. The van der Waals surface area contributed by atoms with Crippen molar-refractivity contribution >= 4 is 29.7 Å². The molecule has 0 aliphatic rings. The highest BCUT2D eigenvalue weighted by molar-refractivity contribution is 5.92. The molecule has 0 fully saturated rings. The van der Waals surface area contributed by atoms with Gasteiger partial charge in [-0.05, 0) is 26.7 Å². The van der Waals surface area contributed by atoms with E-state index in [0.717, 1.165) is 0 Å². The summed E-state index contributed by atoms with van der Waals surface area (Å²) in [7, 11) is 0. The summed E-state index contributed by atoms with van der Waals surface area (Å²) in [6.45, 7) is 3.30. The van der Waals surface area contributed by atoms with Gasteiger partial charge in [0, 0.05) is 19.5 Å². The Balaban J connectivity index is 4.49. The van der Waals surface area contributed by atoms with Gasteiger partial charge in [0.25, 0.3) is 0 Å². The Bertz CT molecular complexity index is 555. The topological polar surface area (TPSA) is 213 Å². The molecule has 0 bridgehead atoms. The maximum Gasteiger partial charge on any atom is 0.326 e. The number of nitrogens with two attached hydrogens (primary N) is 2. The van der Waals surface area contributed by atoms with Crippen LogP contribution in [-0.4, -0.2) is 66.0 Å². The predicted octanol–water partition coefficient (Wildman–Crippen LogP) is -2.82. The van der Waals surface area contributed by atoms with Crippen molar-refractivity contribution in [1.29, 1.82) is 5.41 Å². The van der Waals surface area contributed by atoms with E-state index in [-0.39, 0.29) is 31.3 Å². The third-order valence-corrected chi connectivity index (χ3v) is 3.49. The van der Waals surface area contributed by atoms with Gasteiger partial charge < -0.3 is 37.8 Å². The lowest BCUT2D eigenvalue weighted by Crippen LogP contribution is -2.54. The second-order valence-electron chi connectivity index (χ2n) is 5.94. The third kappa shape index (κ3) is 10.6. The minimum absolute atomic E-state index is 0.0758. The summed E-state index contributed by atoms with van der Waals surface area (Å²) in [6.07, 6.45) is 0.557. The number of carboxylic acid groups (broad SMARTS) is 1. The molecule has 12 heteroatoms. The van der Waals surface area contributed by atoms with Gasteiger partial charge in [0.2, 0.25) is 17.7 Å². The lowest BCUT2D eigenvalue weighted by atomic mass is 10.1. The van der Waals surface area contributed by atoms with Crippen LogP contribution >= 0.6 is 0 Å². The molecule has 0 spiro atoms. The summed E-state index contributed by atoms with van der Waals surface area (Å²) in [4.78, 5) is 46.8. The molecule has 154 valence electrons. The van der Waals surface area contributed by atoms with Gasteiger partial charge in [-0.25, -0.2) is 4.79 Å². The number of hydrogen-bond acceptors (Lipinski definition) is 6. The van der Waals surface area contributed by atoms with Crippen LogP contribution in [0.15, 0.2) is 0 Å². The molecule has 0 aromatic carbocycles. The van der Waals surface area contributed by atoms with Crippen molar-refractivity contribution in [2.75, 3.05) is 13.1 Å². The summed E-state index contributed by atoms with van der Waals surface area (Å²) in [6, 6.07) is -3.01. The second-order valence-corrected chi connectivity index (χ2v) is 5.94. The van der Waals surface area contributed by atoms with Crippen molar-refractivity contribution < 1.29 is 24.3 Å². The van der Waals surface area contributed by atoms with E-state index in [1.54, 1.807) is 0 Å². The van der Waals surface area contributed by atoms with Gasteiger partial charge in [-0.3, -0.25) is 19.8 Å². The number of carbonyl (C=O) groups is 4. The van der Waals surface area contributed by atoms with E-state index in [2.05, 4.69) is 21.3 Å². The van der Waals surface area contributed by atoms with Gasteiger partial charge in [-0.2, -0.15) is 0 Å². The van der Waals surface area contributed by atoms with Crippen LogP contribution in [0.5, 0.6) is 0 Å². The molecule has 0 aliphatic heterocycles. The Morgan fingerprint density at radius 2 is 1.59 bits per heavy atom. The molecule has 0 saturated heterocycles. The average Bonchev–Trinajstić information content (AvgIpc) is 2.56. The van der Waals surface area contributed by atoms with E-state index in [1.165, 1.54) is 13.8 Å². The Kier molecular flexibility index (Phi) is 11.1. The quantitative estimate of drug-likeness (QED) is 0.0990. The van der Waals surface area contributed by atoms with Crippen LogP contribution in [0.2, 0.25) is 0 Å². The molecule has 0 aromatic heterocycles. The SMILES string of the molecule is C[C@H](NC(=O)CCN)C(=O)N[C@@H](C)C(=O)N[C@@H](CCCNC(=N)N)C(=O)O. The molecule has 0 aromatic rings. The van der Waals surface area contributed by atoms with Gasteiger partial charge in [-0.15, -0.1) is 0 Å². The fraction of sp³-hybridized carbons (Fsp3) is 0.667. The number of nitrogens with one attached hydrogen (secondary N) is 5. The van der Waals surface area contributed by atoms with Crippen molar-refractivity contribution in [3.8, 4) is 0 Å². The predicted molar refractivity (Wildman–Crippen MR) is 97.6 cm³/mol. The zero-order valence-corrected chi connectivity index (χ0v) is 15.5. The Morgan fingerprint density at radius 1 is 1.04 bits per heavy atom. The van der Waals surface area contributed by atoms with E-state index >= 15 is 0 Å². The van der Waals surface area contributed by atoms with Crippen LogP contribution in [0.4, 0.5) is 0 Å². The van der Waals surface area contributed by atoms with E-state index in [4.69, 9.17) is 16.9 Å². The third-order valence-electron chi connectivity index (χ3n) is 3.49. The van der Waals surface area contributed by atoms with Gasteiger partial charge in [0.15, 0.2) is 5.96 Å². The van der Waals surface area contributed by atoms with E-state index in [9.17, 15) is 24.3 Å². The molecule has 3 amide bonds. The highest BCUT2D eigenvalue weighted by Crippen LogP contribution is 1.99. The summed E-state index contributed by atoms with van der Waals surface area (Å²) in [5.41, 5.74) is 10.4. The minimum Gasteiger partial charge on any atom is -0.480 e. The molecule has 0 aliphatic carbocycles. The fourth-order valence-corrected chi connectivity index (χ4v) is 2.00. The number of carbonyl (C=O) groups excluding carboxylic acids is 3. The maximum atomic E-state index is 12.1. The van der Waals surface area contributed by atoms with Crippen LogP contribution in [0.25, 0.3) is 0 Å². The average molecular weight is 387 g/mol. The molecule has 0 heterocycles. The van der Waals surface area contributed by atoms with Crippen LogP contribution in [0.1, 0.15) is 33.1 Å². The van der Waals surface area contributed by atoms with Crippen molar-refractivity contribution in [2.45, 2.75) is 51.2 Å². The number of rotatable bonds is 12. The van der Waals surface area contributed by atoms with Gasteiger partial charge in [-0.1, -0.05) is 0 Å². The molecular formula is C15H29N7O5. The van der Waals surface area contributed by atoms with E-state index < -0.39 is 35.9 Å². The number of guanidine groups is 1. The zero-order chi connectivity index (χ0) is 21.0. The first kappa shape index (κ1) is 24.1. The van der Waals surface area contributed by atoms with Crippen molar-refractivity contribution in [3.05, 3.63) is 0 Å². The van der Waals surface area contributed by atoms with Crippen LogP contribution in [-0.2, 0) is 19.2 Å². The van der Waals surface area contributed by atoms with Gasteiger partial charge in [0.05, 0.1) is 0 Å². The molecule has 0 rings (SSSR count). The molecule has 0 saturated carbocycles. The van der Waals surface area contributed by atoms with Gasteiger partial charge >= 0.3 is 5.97 Å². The fourth-order valence-electron chi connectivity index (χ4n) is 2.00. The monoisotopic (exact) mass is 387 g/mol. The first-order valence-corrected chi connectivity index (χ1v) is 8.49. The Labute approximate surface area is 157 Å². The lowest BCUT2D eigenvalue weighted by molar-refractivity contribution is -0.142. The normalized spacial score (nSPS) is 13.6. The zero-order valence-electron chi connectivity index (χ0n) is 15.5. The molecule has 0 unspecified atom stereocenters. The summed E-state index contributed by atoms with van der Waals surface area (Å²) < 4.78 is 0. The molecule has 10 N–H and O–H groups in total. The van der Waals surface area contributed by atoms with Crippen molar-refractivity contribution in [3.63, 3.8) is 0 Å². The molecule has 27 heavy (non-hydrogen) atoms. The standard InChI is InChI=1S/C15H29N7O5/c1-8(20-11(23)5-6-16)12(24)21-9(2)13(25)22-10(14(26)27)4-3-7-19-15(17)18/h8-10H,3-7,16H2,1-2H3,(H,20,23)(H,21,24)(H,22,25)(H,26,27)(H4,17,18,19)/t8-,9-,10-/m0/s1. The highest BCUT2D eigenvalue weighted by Gasteiger charge is 2.25. The van der Waals surface area contributed by atoms with Crippen LogP contribution < -0.4 is 32.7 Å². The Morgan fingerprint density at radius 3 is 2.11 bits per heavy atom. The van der Waals surface area contributed by atoms with E-state index in [0.29, 0.717) is 13.0 Å². The first-order chi connectivity index (χ1) is 12.6.